The van der Waals surface area contributed by atoms with Gasteiger partial charge >= 0.3 is 0 Å². The molecule has 26 heavy (non-hydrogen) atoms. The Bertz CT molecular complexity index is 867. The zero-order valence-corrected chi connectivity index (χ0v) is 15.2. The van der Waals surface area contributed by atoms with Gasteiger partial charge in [0.2, 0.25) is 17.6 Å². The molecule has 0 atom stereocenters. The maximum absolute atomic E-state index is 12.5. The highest BCUT2D eigenvalue weighted by Crippen LogP contribution is 2.18. The van der Waals surface area contributed by atoms with Crippen LogP contribution in [0.4, 0.5) is 0 Å². The van der Waals surface area contributed by atoms with E-state index in [2.05, 4.69) is 15.1 Å². The van der Waals surface area contributed by atoms with Gasteiger partial charge in [-0.1, -0.05) is 35.0 Å². The minimum atomic E-state index is 0.0241. The molecule has 134 valence electrons. The number of carbonyl (C=O) groups excluding carboxylic acids is 1. The Morgan fingerprint density at radius 1 is 1.19 bits per heavy atom. The van der Waals surface area contributed by atoms with Crippen LogP contribution in [-0.2, 0) is 17.8 Å². The molecular weight excluding hydrogens is 352 g/mol. The van der Waals surface area contributed by atoms with Crippen molar-refractivity contribution in [3.8, 4) is 11.4 Å². The highest BCUT2D eigenvalue weighted by molar-refractivity contribution is 6.31. The average molecular weight is 371 g/mol. The standard InChI is InChI=1S/C19H19ClN4O2/c1-2-24(13-15-5-3-4-6-16(15)20)18(25)8-7-17-22-19(23-26-17)14-9-11-21-12-10-14/h3-6,9-12H,2,7-8,13H2,1H3. The molecule has 0 bridgehead atoms. The summed E-state index contributed by atoms with van der Waals surface area (Å²) < 4.78 is 5.25. The molecule has 0 spiro atoms. The van der Waals surface area contributed by atoms with Gasteiger partial charge in [0.15, 0.2) is 0 Å². The summed E-state index contributed by atoms with van der Waals surface area (Å²) in [5, 5.41) is 4.62. The predicted molar refractivity (Wildman–Crippen MR) is 98.4 cm³/mol. The summed E-state index contributed by atoms with van der Waals surface area (Å²) in [6.45, 7) is 3.04. The molecule has 2 heterocycles. The molecule has 0 saturated heterocycles. The fourth-order valence-corrected chi connectivity index (χ4v) is 2.75. The zero-order valence-electron chi connectivity index (χ0n) is 14.4. The van der Waals surface area contributed by atoms with Crippen molar-refractivity contribution in [2.75, 3.05) is 6.54 Å². The fraction of sp³-hybridized carbons (Fsp3) is 0.263. The molecule has 0 aliphatic carbocycles. The number of rotatable bonds is 7. The van der Waals surface area contributed by atoms with E-state index < -0.39 is 0 Å². The number of nitrogens with zero attached hydrogens (tertiary/aromatic N) is 4. The van der Waals surface area contributed by atoms with Crippen molar-refractivity contribution in [1.82, 2.24) is 20.0 Å². The van der Waals surface area contributed by atoms with Crippen LogP contribution in [0.3, 0.4) is 0 Å². The quantitative estimate of drug-likeness (QED) is 0.633. The van der Waals surface area contributed by atoms with Crippen molar-refractivity contribution in [1.29, 1.82) is 0 Å². The van der Waals surface area contributed by atoms with Crippen LogP contribution in [0.1, 0.15) is 24.8 Å². The van der Waals surface area contributed by atoms with Crippen molar-refractivity contribution in [3.63, 3.8) is 0 Å². The Morgan fingerprint density at radius 2 is 1.96 bits per heavy atom. The summed E-state index contributed by atoms with van der Waals surface area (Å²) >= 11 is 6.19. The van der Waals surface area contributed by atoms with E-state index in [1.54, 1.807) is 17.3 Å². The van der Waals surface area contributed by atoms with Gasteiger partial charge in [-0.15, -0.1) is 0 Å². The lowest BCUT2D eigenvalue weighted by atomic mass is 10.2. The van der Waals surface area contributed by atoms with E-state index >= 15 is 0 Å². The first-order valence-electron chi connectivity index (χ1n) is 8.41. The molecule has 6 nitrogen and oxygen atoms in total. The lowest BCUT2D eigenvalue weighted by Gasteiger charge is -2.21. The van der Waals surface area contributed by atoms with Crippen LogP contribution in [0.5, 0.6) is 0 Å². The summed E-state index contributed by atoms with van der Waals surface area (Å²) in [5.74, 6) is 0.966. The molecule has 0 aliphatic rings. The van der Waals surface area contributed by atoms with E-state index in [1.807, 2.05) is 43.3 Å². The third kappa shape index (κ3) is 4.46. The first kappa shape index (κ1) is 18.1. The summed E-state index contributed by atoms with van der Waals surface area (Å²) in [6.07, 6.45) is 4.04. The van der Waals surface area contributed by atoms with Gasteiger partial charge in [0.05, 0.1) is 0 Å². The molecular formula is C19H19ClN4O2. The second kappa shape index (κ2) is 8.58. The van der Waals surface area contributed by atoms with Gasteiger partial charge in [-0.05, 0) is 30.7 Å². The third-order valence-corrected chi connectivity index (χ3v) is 4.38. The van der Waals surface area contributed by atoms with Gasteiger partial charge in [-0.3, -0.25) is 9.78 Å². The molecule has 1 amide bonds. The molecule has 0 N–H and O–H groups in total. The van der Waals surface area contributed by atoms with Gasteiger partial charge in [0, 0.05) is 48.9 Å². The Balaban J connectivity index is 1.59. The summed E-state index contributed by atoms with van der Waals surface area (Å²) in [5.41, 5.74) is 1.76. The minimum Gasteiger partial charge on any atom is -0.339 e. The molecule has 0 fully saturated rings. The van der Waals surface area contributed by atoms with Crippen LogP contribution in [0.25, 0.3) is 11.4 Å². The number of aromatic nitrogens is 3. The van der Waals surface area contributed by atoms with E-state index in [9.17, 15) is 4.79 Å². The largest absolute Gasteiger partial charge is 0.339 e. The Morgan fingerprint density at radius 3 is 2.69 bits per heavy atom. The maximum Gasteiger partial charge on any atom is 0.227 e. The van der Waals surface area contributed by atoms with Crippen LogP contribution in [-0.4, -0.2) is 32.5 Å². The van der Waals surface area contributed by atoms with Gasteiger partial charge in [-0.25, -0.2) is 0 Å². The van der Waals surface area contributed by atoms with Gasteiger partial charge in [0.25, 0.3) is 0 Å². The Hall–Kier alpha value is -2.73. The molecule has 0 radical (unpaired) electrons. The van der Waals surface area contributed by atoms with Crippen molar-refractivity contribution < 1.29 is 9.32 Å². The number of pyridine rings is 1. The van der Waals surface area contributed by atoms with E-state index in [-0.39, 0.29) is 5.91 Å². The lowest BCUT2D eigenvalue weighted by molar-refractivity contribution is -0.131. The topological polar surface area (TPSA) is 72.1 Å². The monoisotopic (exact) mass is 370 g/mol. The number of carbonyl (C=O) groups is 1. The number of benzene rings is 1. The molecule has 0 unspecified atom stereocenters. The lowest BCUT2D eigenvalue weighted by Crippen LogP contribution is -2.30. The van der Waals surface area contributed by atoms with Crippen LogP contribution in [0.2, 0.25) is 5.02 Å². The smallest absolute Gasteiger partial charge is 0.227 e. The number of hydrogen-bond donors (Lipinski definition) is 0. The minimum absolute atomic E-state index is 0.0241. The average Bonchev–Trinajstić information content (AvgIpc) is 3.15. The SMILES string of the molecule is CCN(Cc1ccccc1Cl)C(=O)CCc1nc(-c2ccncc2)no1. The second-order valence-corrected chi connectivity index (χ2v) is 6.15. The zero-order chi connectivity index (χ0) is 18.4. The Kier molecular flexibility index (Phi) is 5.96. The molecule has 1 aromatic carbocycles. The molecule has 3 aromatic rings. The number of aryl methyl sites for hydroxylation is 1. The maximum atomic E-state index is 12.5. The van der Waals surface area contributed by atoms with Crippen molar-refractivity contribution in [2.45, 2.75) is 26.3 Å². The van der Waals surface area contributed by atoms with E-state index in [4.69, 9.17) is 16.1 Å². The van der Waals surface area contributed by atoms with E-state index in [1.165, 1.54) is 0 Å². The first-order valence-corrected chi connectivity index (χ1v) is 8.79. The highest BCUT2D eigenvalue weighted by Gasteiger charge is 2.16. The Labute approximate surface area is 156 Å². The van der Waals surface area contributed by atoms with Crippen molar-refractivity contribution in [3.05, 3.63) is 65.3 Å². The number of halogens is 1. The summed E-state index contributed by atoms with van der Waals surface area (Å²) in [7, 11) is 0. The number of amides is 1. The predicted octanol–water partition coefficient (Wildman–Crippen LogP) is 3.77. The molecule has 7 heteroatoms. The van der Waals surface area contributed by atoms with Gasteiger partial charge in [-0.2, -0.15) is 4.98 Å². The van der Waals surface area contributed by atoms with Crippen molar-refractivity contribution >= 4 is 17.5 Å². The second-order valence-electron chi connectivity index (χ2n) is 5.75. The summed E-state index contributed by atoms with van der Waals surface area (Å²) in [4.78, 5) is 22.6. The van der Waals surface area contributed by atoms with E-state index in [0.717, 1.165) is 11.1 Å². The number of hydrogen-bond acceptors (Lipinski definition) is 5. The third-order valence-electron chi connectivity index (χ3n) is 4.01. The molecule has 3 rings (SSSR count). The fourth-order valence-electron chi connectivity index (χ4n) is 2.56. The molecule has 0 aliphatic heterocycles. The molecule has 2 aromatic heterocycles. The van der Waals surface area contributed by atoms with Crippen LogP contribution >= 0.6 is 11.6 Å². The summed E-state index contributed by atoms with van der Waals surface area (Å²) in [6, 6.07) is 11.2. The van der Waals surface area contributed by atoms with Crippen LogP contribution in [0, 0.1) is 0 Å². The van der Waals surface area contributed by atoms with Crippen LogP contribution in [0.15, 0.2) is 53.3 Å². The normalized spacial score (nSPS) is 10.7. The van der Waals surface area contributed by atoms with Crippen molar-refractivity contribution in [2.24, 2.45) is 0 Å². The highest BCUT2D eigenvalue weighted by atomic mass is 35.5. The van der Waals surface area contributed by atoms with Gasteiger partial charge < -0.3 is 9.42 Å². The van der Waals surface area contributed by atoms with E-state index in [0.29, 0.717) is 42.7 Å². The van der Waals surface area contributed by atoms with Gasteiger partial charge in [0.1, 0.15) is 0 Å². The first-order chi connectivity index (χ1) is 12.7. The van der Waals surface area contributed by atoms with Crippen LogP contribution < -0.4 is 0 Å². The molecule has 0 saturated carbocycles.